The lowest BCUT2D eigenvalue weighted by Crippen LogP contribution is -2.21. The van der Waals surface area contributed by atoms with Crippen LogP contribution in [0.2, 0.25) is 0 Å². The summed E-state index contributed by atoms with van der Waals surface area (Å²) in [5.74, 6) is 0.219. The van der Waals surface area contributed by atoms with E-state index in [9.17, 15) is 4.79 Å². The van der Waals surface area contributed by atoms with Crippen molar-refractivity contribution in [1.29, 1.82) is 0 Å². The van der Waals surface area contributed by atoms with Crippen LogP contribution in [0.1, 0.15) is 29.5 Å². The third-order valence-electron chi connectivity index (χ3n) is 2.31. The van der Waals surface area contributed by atoms with Gasteiger partial charge in [0.25, 0.3) is 0 Å². The smallest absolute Gasteiger partial charge is 0.230 e. The number of carbonyl (C=O) groups is 1. The number of imidazole rings is 1. The Morgan fingerprint density at radius 2 is 2.18 bits per heavy atom. The van der Waals surface area contributed by atoms with Crippen LogP contribution in [-0.2, 0) is 0 Å². The molecule has 0 saturated carbocycles. The number of hydrogen-bond donors (Lipinski definition) is 4. The highest BCUT2D eigenvalue weighted by atomic mass is 35.5. The molecule has 8 nitrogen and oxygen atoms in total. The first kappa shape index (κ1) is 20.2. The fraction of sp³-hybridized carbons (Fsp3) is 0.273. The molecule has 0 unspecified atom stereocenters. The molecule has 0 fully saturated rings. The van der Waals surface area contributed by atoms with Crippen LogP contribution >= 0.6 is 36.2 Å². The topological polar surface area (TPSA) is 135 Å². The van der Waals surface area contributed by atoms with Gasteiger partial charge in [-0.25, -0.2) is 9.97 Å². The molecule has 122 valence electrons. The number of halogens is 2. The summed E-state index contributed by atoms with van der Waals surface area (Å²) >= 11 is 1.19. The van der Waals surface area contributed by atoms with E-state index in [1.807, 2.05) is 6.92 Å². The van der Waals surface area contributed by atoms with E-state index in [4.69, 9.17) is 11.5 Å². The van der Waals surface area contributed by atoms with Crippen molar-refractivity contribution in [1.82, 2.24) is 15.0 Å². The highest BCUT2D eigenvalue weighted by molar-refractivity contribution is 7.13. The summed E-state index contributed by atoms with van der Waals surface area (Å²) in [6, 6.07) is 0. The maximum atomic E-state index is 12.2. The molecule has 0 aliphatic rings. The van der Waals surface area contributed by atoms with Crippen LogP contribution in [-0.4, -0.2) is 33.2 Å². The fourth-order valence-corrected chi connectivity index (χ4v) is 2.12. The predicted molar refractivity (Wildman–Crippen MR) is 92.9 cm³/mol. The minimum Gasteiger partial charge on any atom is -0.370 e. The second-order valence-electron chi connectivity index (χ2n) is 3.95. The second-order valence-corrected chi connectivity index (χ2v) is 4.79. The molecule has 0 saturated heterocycles. The zero-order valence-electron chi connectivity index (χ0n) is 11.7. The molecule has 11 heteroatoms. The zero-order valence-corrected chi connectivity index (χ0v) is 14.1. The van der Waals surface area contributed by atoms with Gasteiger partial charge in [-0.05, 0) is 6.42 Å². The fourth-order valence-electron chi connectivity index (χ4n) is 1.44. The van der Waals surface area contributed by atoms with Crippen LogP contribution in [0.15, 0.2) is 16.6 Å². The average Bonchev–Trinajstić information content (AvgIpc) is 3.04. The SMILES string of the molecule is CCCNc1ncc(C(=O)c2csc(N=C(N)N)n2)[nH]1.Cl.Cl. The van der Waals surface area contributed by atoms with Crippen molar-refractivity contribution >= 4 is 59.0 Å². The average molecular weight is 366 g/mol. The number of aromatic amines is 1. The van der Waals surface area contributed by atoms with Crippen LogP contribution in [0.4, 0.5) is 11.1 Å². The van der Waals surface area contributed by atoms with E-state index in [0.29, 0.717) is 16.8 Å². The molecule has 0 aliphatic heterocycles. The van der Waals surface area contributed by atoms with E-state index in [-0.39, 0.29) is 42.3 Å². The second kappa shape index (κ2) is 9.23. The minimum absolute atomic E-state index is 0. The molecule has 6 N–H and O–H groups in total. The Hall–Kier alpha value is -1.84. The summed E-state index contributed by atoms with van der Waals surface area (Å²) < 4.78 is 0. The molecule has 0 radical (unpaired) electrons. The molecule has 0 bridgehead atoms. The van der Waals surface area contributed by atoms with Crippen molar-refractivity contribution < 1.29 is 4.79 Å². The number of guanidine groups is 1. The van der Waals surface area contributed by atoms with Crippen molar-refractivity contribution in [2.75, 3.05) is 11.9 Å². The Morgan fingerprint density at radius 1 is 1.45 bits per heavy atom. The number of hydrogen-bond acceptors (Lipinski definition) is 6. The van der Waals surface area contributed by atoms with Crippen LogP contribution < -0.4 is 16.8 Å². The molecule has 0 aliphatic carbocycles. The Labute approximate surface area is 143 Å². The quantitative estimate of drug-likeness (QED) is 0.349. The van der Waals surface area contributed by atoms with Gasteiger partial charge in [-0.3, -0.25) is 4.79 Å². The largest absolute Gasteiger partial charge is 0.370 e. The molecule has 0 spiro atoms. The number of nitrogens with zero attached hydrogens (tertiary/aromatic N) is 3. The number of anilines is 1. The van der Waals surface area contributed by atoms with E-state index in [2.05, 4.69) is 25.3 Å². The summed E-state index contributed by atoms with van der Waals surface area (Å²) in [5, 5.41) is 5.01. The Bertz CT molecular complexity index is 636. The first-order chi connectivity index (χ1) is 9.60. The molecule has 0 atom stereocenters. The van der Waals surface area contributed by atoms with E-state index in [1.54, 1.807) is 5.38 Å². The number of nitrogens with one attached hydrogen (secondary N) is 2. The number of rotatable bonds is 6. The number of aliphatic imine (C=N–C) groups is 1. The van der Waals surface area contributed by atoms with Crippen LogP contribution in [0.5, 0.6) is 0 Å². The number of H-pyrrole nitrogens is 1. The normalized spacial score (nSPS) is 9.32. The summed E-state index contributed by atoms with van der Waals surface area (Å²) in [5.41, 5.74) is 11.2. The summed E-state index contributed by atoms with van der Waals surface area (Å²) in [4.78, 5) is 27.0. The van der Waals surface area contributed by atoms with Crippen molar-refractivity contribution in [2.24, 2.45) is 16.5 Å². The number of thiazole rings is 1. The van der Waals surface area contributed by atoms with E-state index in [0.717, 1.165) is 13.0 Å². The molecule has 2 heterocycles. The third-order valence-corrected chi connectivity index (χ3v) is 3.05. The van der Waals surface area contributed by atoms with Gasteiger partial charge in [0, 0.05) is 11.9 Å². The van der Waals surface area contributed by atoms with Gasteiger partial charge in [0.15, 0.2) is 5.96 Å². The molecule has 2 aromatic heterocycles. The number of nitrogens with two attached hydrogens (primary N) is 2. The molecule has 0 amide bonds. The van der Waals surface area contributed by atoms with Crippen molar-refractivity contribution in [3.05, 3.63) is 23.0 Å². The molecule has 2 rings (SSSR count). The maximum absolute atomic E-state index is 12.2. The van der Waals surface area contributed by atoms with E-state index >= 15 is 0 Å². The number of aromatic nitrogens is 3. The first-order valence-electron chi connectivity index (χ1n) is 5.99. The Morgan fingerprint density at radius 3 is 2.82 bits per heavy atom. The lowest BCUT2D eigenvalue weighted by molar-refractivity contribution is 0.103. The van der Waals surface area contributed by atoms with Gasteiger partial charge in [0.1, 0.15) is 11.4 Å². The van der Waals surface area contributed by atoms with Crippen molar-refractivity contribution in [2.45, 2.75) is 13.3 Å². The number of carbonyl (C=O) groups excluding carboxylic acids is 1. The Kier molecular flexibility index (Phi) is 8.46. The molecule has 0 aromatic carbocycles. The van der Waals surface area contributed by atoms with Gasteiger partial charge >= 0.3 is 0 Å². The third kappa shape index (κ3) is 5.17. The predicted octanol–water partition coefficient (Wildman–Crippen LogP) is 1.67. The van der Waals surface area contributed by atoms with Gasteiger partial charge < -0.3 is 21.8 Å². The first-order valence-corrected chi connectivity index (χ1v) is 6.87. The molecule has 2 aromatic rings. The van der Waals surface area contributed by atoms with Gasteiger partial charge in [0.2, 0.25) is 16.9 Å². The lowest BCUT2D eigenvalue weighted by atomic mass is 10.2. The highest BCUT2D eigenvalue weighted by Crippen LogP contribution is 2.20. The number of ketones is 1. The lowest BCUT2D eigenvalue weighted by Gasteiger charge is -1.98. The van der Waals surface area contributed by atoms with Crippen molar-refractivity contribution in [3.8, 4) is 0 Å². The summed E-state index contributed by atoms with van der Waals surface area (Å²) in [6.07, 6.45) is 2.44. The highest BCUT2D eigenvalue weighted by Gasteiger charge is 2.15. The molecule has 22 heavy (non-hydrogen) atoms. The van der Waals surface area contributed by atoms with Gasteiger partial charge in [0.05, 0.1) is 6.20 Å². The molecular weight excluding hydrogens is 349 g/mol. The minimum atomic E-state index is -0.254. The van der Waals surface area contributed by atoms with E-state index < -0.39 is 0 Å². The monoisotopic (exact) mass is 365 g/mol. The Balaban J connectivity index is 0.00000220. The maximum Gasteiger partial charge on any atom is 0.230 e. The summed E-state index contributed by atoms with van der Waals surface area (Å²) in [6.45, 7) is 2.83. The van der Waals surface area contributed by atoms with Crippen LogP contribution in [0.3, 0.4) is 0 Å². The van der Waals surface area contributed by atoms with Gasteiger partial charge in [-0.1, -0.05) is 6.92 Å². The zero-order chi connectivity index (χ0) is 14.5. The van der Waals surface area contributed by atoms with Crippen LogP contribution in [0.25, 0.3) is 0 Å². The van der Waals surface area contributed by atoms with Gasteiger partial charge in [-0.15, -0.1) is 36.2 Å². The van der Waals surface area contributed by atoms with Crippen molar-refractivity contribution in [3.63, 3.8) is 0 Å². The standard InChI is InChI=1S/C11H15N7OS.2ClH/c1-2-3-14-10-15-4-6(16-10)8(19)7-5-20-11(17-7)18-9(12)13;;/h4-5H,2-3H2,1H3,(H2,14,15,16)(H4,12,13,17,18);2*1H. The van der Waals surface area contributed by atoms with Gasteiger partial charge in [-0.2, -0.15) is 4.99 Å². The van der Waals surface area contributed by atoms with Crippen LogP contribution in [0, 0.1) is 0 Å². The summed E-state index contributed by atoms with van der Waals surface area (Å²) in [7, 11) is 0. The molecular formula is C11H17Cl2N7OS. The van der Waals surface area contributed by atoms with E-state index in [1.165, 1.54) is 17.5 Å².